The van der Waals surface area contributed by atoms with Crippen LogP contribution in [0.2, 0.25) is 0 Å². The van der Waals surface area contributed by atoms with Crippen molar-refractivity contribution in [3.05, 3.63) is 43.9 Å². The lowest BCUT2D eigenvalue weighted by molar-refractivity contribution is -0.151. The van der Waals surface area contributed by atoms with Gasteiger partial charge in [0.25, 0.3) is 11.8 Å². The number of unbranched alkanes of at least 4 members (excludes halogenated alkanes) is 2. The first-order valence-corrected chi connectivity index (χ1v) is 24.8. The average molecular weight is 1020 g/mol. The van der Waals surface area contributed by atoms with Crippen LogP contribution in [0.25, 0.3) is 0 Å². The predicted octanol–water partition coefficient (Wildman–Crippen LogP) is 7.53. The quantitative estimate of drug-likeness (QED) is 0.0196. The number of fused-ring (bicyclic) bond motifs is 2. The third-order valence-corrected chi connectivity index (χ3v) is 14.6. The number of allylic oxidation sites excluding steroid dienone is 1. The predicted molar refractivity (Wildman–Crippen MR) is 250 cm³/mol. The molecule has 4 rings (SSSR count). The Morgan fingerprint density at radius 2 is 0.971 bits per heavy atom. The molecule has 0 atom stereocenters. The van der Waals surface area contributed by atoms with Crippen LogP contribution in [0, 0.1) is 16.7 Å². The molecule has 0 aliphatic carbocycles. The molecule has 3 aliphatic rings. The SMILES string of the molecule is C=C(C)C(=O)OCCOC(=O)CCC(=O)Oc1c2c(c(OC(=O)CCC(=O)OCCOC(=O)C(=C)C)c3c1SC(=C1C(=O)N(CCCC)N(CCCC)C1=O)S3)SC(=C(C#N)C(=O)C(C)(C)C)S2. The molecular formula is C46H53N3O15S4. The molecule has 366 valence electrons. The van der Waals surface area contributed by atoms with E-state index in [2.05, 4.69) is 13.2 Å². The molecule has 0 radical (unpaired) electrons. The van der Waals surface area contributed by atoms with Gasteiger partial charge in [-0.15, -0.1) is 0 Å². The van der Waals surface area contributed by atoms with E-state index < -0.39 is 84.5 Å². The molecule has 0 aromatic heterocycles. The van der Waals surface area contributed by atoms with Gasteiger partial charge in [-0.1, -0.05) is 108 Å². The Labute approximate surface area is 411 Å². The Hall–Kier alpha value is -5.50. The first-order chi connectivity index (χ1) is 32.1. The van der Waals surface area contributed by atoms with Crippen molar-refractivity contribution in [3.8, 4) is 17.6 Å². The Bertz CT molecular complexity index is 2260. The number of amides is 2. The molecule has 1 fully saturated rings. The first-order valence-electron chi connectivity index (χ1n) is 21.5. The molecular weight excluding hydrogens is 963 g/mol. The van der Waals surface area contributed by atoms with E-state index in [-0.39, 0.29) is 101 Å². The third-order valence-electron chi connectivity index (χ3n) is 9.43. The number of esters is 6. The molecule has 0 bridgehead atoms. The number of carbonyl (C=O) groups is 9. The number of Topliss-reactive ketones (excluding diaryl/α,β-unsaturated/α-hetero) is 1. The molecule has 0 spiro atoms. The van der Waals surface area contributed by atoms with Crippen LogP contribution in [0.1, 0.15) is 99.8 Å². The van der Waals surface area contributed by atoms with Gasteiger partial charge in [0, 0.05) is 29.7 Å². The highest BCUT2D eigenvalue weighted by Gasteiger charge is 2.47. The van der Waals surface area contributed by atoms with Gasteiger partial charge >= 0.3 is 35.8 Å². The Morgan fingerprint density at radius 3 is 1.32 bits per heavy atom. The number of ether oxygens (including phenoxy) is 6. The van der Waals surface area contributed by atoms with Gasteiger partial charge in [-0.25, -0.2) is 19.6 Å². The minimum atomic E-state index is -0.995. The lowest BCUT2D eigenvalue weighted by Crippen LogP contribution is -2.42. The summed E-state index contributed by atoms with van der Waals surface area (Å²) in [5.41, 5.74) is -1.03. The molecule has 68 heavy (non-hydrogen) atoms. The summed E-state index contributed by atoms with van der Waals surface area (Å²) in [6.07, 6.45) is 0.872. The number of rotatable bonds is 23. The molecule has 1 saturated heterocycles. The number of hydrogen-bond acceptors (Lipinski definition) is 20. The lowest BCUT2D eigenvalue weighted by Gasteiger charge is -2.27. The Balaban J connectivity index is 1.78. The minimum absolute atomic E-state index is 0.111. The topological polar surface area (TPSA) is 239 Å². The number of ketones is 1. The average Bonchev–Trinajstić information content (AvgIpc) is 3.98. The molecule has 18 nitrogen and oxygen atoms in total. The van der Waals surface area contributed by atoms with Crippen LogP contribution < -0.4 is 9.47 Å². The molecule has 0 unspecified atom stereocenters. The van der Waals surface area contributed by atoms with E-state index in [1.165, 1.54) is 23.9 Å². The molecule has 1 aromatic rings. The molecule has 0 saturated carbocycles. The van der Waals surface area contributed by atoms with Crippen molar-refractivity contribution in [2.75, 3.05) is 39.5 Å². The number of nitriles is 1. The summed E-state index contributed by atoms with van der Waals surface area (Å²) in [6.45, 7) is 18.2. The fourth-order valence-corrected chi connectivity index (χ4v) is 11.3. The van der Waals surface area contributed by atoms with Crippen molar-refractivity contribution in [1.82, 2.24) is 10.0 Å². The number of nitrogens with zero attached hydrogens (tertiary/aromatic N) is 3. The van der Waals surface area contributed by atoms with Crippen molar-refractivity contribution in [1.29, 1.82) is 5.26 Å². The van der Waals surface area contributed by atoms with Crippen molar-refractivity contribution >= 4 is 100 Å². The van der Waals surface area contributed by atoms with Crippen molar-refractivity contribution in [2.45, 2.75) is 119 Å². The van der Waals surface area contributed by atoms with Crippen LogP contribution >= 0.6 is 47.0 Å². The highest BCUT2D eigenvalue weighted by molar-refractivity contribution is 8.26. The second kappa shape index (κ2) is 25.2. The van der Waals surface area contributed by atoms with Crippen LogP contribution in [0.5, 0.6) is 11.5 Å². The highest BCUT2D eigenvalue weighted by Crippen LogP contribution is 2.69. The maximum absolute atomic E-state index is 14.2. The zero-order valence-corrected chi connectivity index (χ0v) is 42.2. The molecule has 2 amide bonds. The van der Waals surface area contributed by atoms with Crippen molar-refractivity contribution < 1.29 is 71.6 Å². The fraction of sp³-hybridized carbons (Fsp3) is 0.478. The largest absolute Gasteiger partial charge is 0.462 e. The second-order valence-electron chi connectivity index (χ2n) is 16.2. The van der Waals surface area contributed by atoms with Gasteiger partial charge < -0.3 is 28.4 Å². The minimum Gasteiger partial charge on any atom is -0.462 e. The van der Waals surface area contributed by atoms with E-state index in [4.69, 9.17) is 28.4 Å². The molecule has 1 aromatic carbocycles. The van der Waals surface area contributed by atoms with Crippen molar-refractivity contribution in [3.63, 3.8) is 0 Å². The van der Waals surface area contributed by atoms with Gasteiger partial charge in [0.05, 0.1) is 53.7 Å². The Morgan fingerprint density at radius 1 is 0.603 bits per heavy atom. The summed E-state index contributed by atoms with van der Waals surface area (Å²) in [5.74, 6) is -6.56. The highest BCUT2D eigenvalue weighted by atomic mass is 32.2. The lowest BCUT2D eigenvalue weighted by atomic mass is 9.87. The van der Waals surface area contributed by atoms with E-state index in [9.17, 15) is 48.4 Å². The molecule has 0 N–H and O–H groups in total. The van der Waals surface area contributed by atoms with Crippen LogP contribution in [0.3, 0.4) is 0 Å². The van der Waals surface area contributed by atoms with Crippen molar-refractivity contribution in [2.24, 2.45) is 5.41 Å². The smallest absolute Gasteiger partial charge is 0.333 e. The maximum Gasteiger partial charge on any atom is 0.333 e. The molecule has 3 heterocycles. The summed E-state index contributed by atoms with van der Waals surface area (Å²) in [4.78, 5) is 118. The maximum atomic E-state index is 14.2. The van der Waals surface area contributed by atoms with Gasteiger partial charge in [-0.05, 0) is 26.7 Å². The van der Waals surface area contributed by atoms with Gasteiger partial charge in [-0.3, -0.25) is 33.6 Å². The first kappa shape index (κ1) is 55.1. The van der Waals surface area contributed by atoms with Gasteiger partial charge in [0.2, 0.25) is 0 Å². The zero-order chi connectivity index (χ0) is 50.5. The number of carbonyl (C=O) groups excluding carboxylic acids is 9. The van der Waals surface area contributed by atoms with E-state index in [1.54, 1.807) is 20.8 Å². The fourth-order valence-electron chi connectivity index (χ4n) is 5.87. The number of benzene rings is 1. The number of thioether (sulfide) groups is 4. The van der Waals surface area contributed by atoms with Gasteiger partial charge in [0.15, 0.2) is 17.3 Å². The normalized spacial score (nSPS) is 13.9. The van der Waals surface area contributed by atoms with E-state index in [0.717, 1.165) is 59.9 Å². The van der Waals surface area contributed by atoms with E-state index >= 15 is 0 Å². The molecule has 22 heteroatoms. The number of hydrazine groups is 1. The second-order valence-corrected chi connectivity index (χ2v) is 20.8. The summed E-state index contributed by atoms with van der Waals surface area (Å²) in [6, 6.07) is 1.99. The zero-order valence-electron chi connectivity index (χ0n) is 38.9. The van der Waals surface area contributed by atoms with Crippen LogP contribution in [-0.4, -0.2) is 103 Å². The van der Waals surface area contributed by atoms with E-state index in [0.29, 0.717) is 12.8 Å². The van der Waals surface area contributed by atoms with Gasteiger partial charge in [0.1, 0.15) is 43.6 Å². The van der Waals surface area contributed by atoms with Crippen LogP contribution in [0.15, 0.2) is 63.5 Å². The monoisotopic (exact) mass is 1020 g/mol. The Kier molecular flexibility index (Phi) is 20.4. The molecule has 3 aliphatic heterocycles. The summed E-state index contributed by atoms with van der Waals surface area (Å²) >= 11 is 3.66. The summed E-state index contributed by atoms with van der Waals surface area (Å²) < 4.78 is 32.4. The van der Waals surface area contributed by atoms with Crippen LogP contribution in [0.4, 0.5) is 0 Å². The van der Waals surface area contributed by atoms with Gasteiger partial charge in [-0.2, -0.15) is 5.26 Å². The number of hydrogen-bond donors (Lipinski definition) is 0. The summed E-state index contributed by atoms with van der Waals surface area (Å²) in [7, 11) is 0. The van der Waals surface area contributed by atoms with E-state index in [1.807, 2.05) is 19.9 Å². The van der Waals surface area contributed by atoms with Crippen LogP contribution in [-0.2, 0) is 62.1 Å². The summed E-state index contributed by atoms with van der Waals surface area (Å²) in [5, 5.41) is 13.1. The third kappa shape index (κ3) is 14.3. The standard InChI is InChI=1S/C46H53N3O15S4/c1-10-12-18-48-40(55)32(41(56)49(48)19-13-11-2)45-67-37-33(63-30(52)16-14-28(50)59-20-22-61-42(57)25(3)4)35-36(66-44(65-35)27(24-47)39(54)46(7,8)9)34(38(37)68-45)64-31(53)17-15-29(51)60-21-23-62-43(58)26(5)6/h3,5,10-23H2,1-2,4,6-9H3.